The van der Waals surface area contributed by atoms with Crippen LogP contribution in [0.4, 0.5) is 0 Å². The molecule has 0 radical (unpaired) electrons. The molecule has 2 saturated heterocycles. The monoisotopic (exact) mass is 669 g/mol. The van der Waals surface area contributed by atoms with Crippen LogP contribution in [0.15, 0.2) is 0 Å². The fraction of sp³-hybridized carbons (Fsp3) is 0.950. The van der Waals surface area contributed by atoms with E-state index in [0.717, 1.165) is 31.0 Å². The Morgan fingerprint density at radius 3 is 2.52 bits per heavy atom. The fourth-order valence-electron chi connectivity index (χ4n) is 13.5. The quantitative estimate of drug-likeness (QED) is 0.243. The Kier molecular flexibility index (Phi) is 8.51. The largest absolute Gasteiger partial charge is 0.376 e. The Morgan fingerprint density at radius 1 is 0.979 bits per heavy atom. The molecule has 2 heterocycles. The van der Waals surface area contributed by atoms with Crippen molar-refractivity contribution >= 4 is 12.2 Å². The number of hydrogen-bond acceptors (Lipinski definition) is 7. The molecule has 8 aliphatic rings. The van der Waals surface area contributed by atoms with Gasteiger partial charge in [-0.15, -0.1) is 0 Å². The van der Waals surface area contributed by atoms with Gasteiger partial charge in [-0.05, 0) is 142 Å². The summed E-state index contributed by atoms with van der Waals surface area (Å²) in [5.74, 6) is 3.69. The lowest BCUT2D eigenvalue weighted by molar-refractivity contribution is -0.244. The van der Waals surface area contributed by atoms with E-state index >= 15 is 0 Å². The lowest BCUT2D eigenvalue weighted by Crippen LogP contribution is -2.56. The van der Waals surface area contributed by atoms with Crippen LogP contribution in [0.5, 0.6) is 0 Å². The van der Waals surface area contributed by atoms with Crippen LogP contribution in [-0.2, 0) is 33.3 Å². The molecule has 8 heteroatoms. The highest BCUT2D eigenvalue weighted by molar-refractivity contribution is 5.76. The van der Waals surface area contributed by atoms with Gasteiger partial charge in [-0.1, -0.05) is 20.8 Å². The third-order valence-corrected chi connectivity index (χ3v) is 16.3. The smallest absolute Gasteiger partial charge is 0.223 e. The van der Waals surface area contributed by atoms with Crippen molar-refractivity contribution in [3.63, 3.8) is 0 Å². The molecule has 2 spiro atoms. The average Bonchev–Trinajstić information content (AvgIpc) is 3.98. The van der Waals surface area contributed by atoms with E-state index in [1.807, 2.05) is 4.90 Å². The zero-order chi connectivity index (χ0) is 33.7. The molecule has 270 valence electrons. The third kappa shape index (κ3) is 5.22. The van der Waals surface area contributed by atoms with Crippen LogP contribution in [0.2, 0.25) is 0 Å². The number of amides is 1. The molecule has 8 nitrogen and oxygen atoms in total. The standard InChI is InChI=1S/C40H63NO7/c1-36(2)31-12-10-26-28-22-30-27(9-11-29(47-30)35(46-20-18-42)37(3,4)44-6)38(28,5)15-16-39(26)24-40(31,39)14-13-32(36)48-34-23-41(17-19-45-34)33(43)21-25-7-8-25/h18,25-32,34-35H,7-17,19-24H2,1-6H3/t26?,27?,28?,29?,30?,31?,32-,34?,35-,38?,39-,40?/m0/s1. The van der Waals surface area contributed by atoms with Gasteiger partial charge in [-0.2, -0.15) is 0 Å². The summed E-state index contributed by atoms with van der Waals surface area (Å²) in [6.45, 7) is 13.6. The maximum absolute atomic E-state index is 12.9. The lowest BCUT2D eigenvalue weighted by atomic mass is 9.46. The highest BCUT2D eigenvalue weighted by atomic mass is 16.7. The normalized spacial score (nSPS) is 46.8. The summed E-state index contributed by atoms with van der Waals surface area (Å²) in [5.41, 5.74) is 0.838. The van der Waals surface area contributed by atoms with Crippen molar-refractivity contribution < 1.29 is 33.3 Å². The number of aldehydes is 1. The van der Waals surface area contributed by atoms with E-state index < -0.39 is 5.60 Å². The molecule has 2 aliphatic heterocycles. The first-order chi connectivity index (χ1) is 22.9. The van der Waals surface area contributed by atoms with Gasteiger partial charge < -0.3 is 33.4 Å². The summed E-state index contributed by atoms with van der Waals surface area (Å²) in [4.78, 5) is 26.1. The number of carbonyl (C=O) groups is 2. The van der Waals surface area contributed by atoms with Gasteiger partial charge in [0.2, 0.25) is 5.91 Å². The number of morpholine rings is 1. The highest BCUT2D eigenvalue weighted by Crippen LogP contribution is 2.87. The number of carbonyl (C=O) groups excluding carboxylic acids is 2. The second-order valence-corrected chi connectivity index (χ2v) is 19.0. The fourth-order valence-corrected chi connectivity index (χ4v) is 13.5. The van der Waals surface area contributed by atoms with Gasteiger partial charge in [0.25, 0.3) is 0 Å². The maximum Gasteiger partial charge on any atom is 0.223 e. The summed E-state index contributed by atoms with van der Waals surface area (Å²) in [6.07, 6.45) is 16.2. The van der Waals surface area contributed by atoms with E-state index in [-0.39, 0.29) is 48.6 Å². The predicted octanol–water partition coefficient (Wildman–Crippen LogP) is 6.57. The number of ether oxygens (including phenoxy) is 5. The Bertz CT molecular complexity index is 1250. The second-order valence-electron chi connectivity index (χ2n) is 19.0. The topological polar surface area (TPSA) is 83.5 Å². The van der Waals surface area contributed by atoms with Crippen molar-refractivity contribution in [1.29, 1.82) is 0 Å². The molecule has 12 atom stereocenters. The number of rotatable bonds is 10. The molecule has 0 aromatic heterocycles. The predicted molar refractivity (Wildman–Crippen MR) is 181 cm³/mol. The van der Waals surface area contributed by atoms with Crippen molar-refractivity contribution in [2.45, 2.75) is 154 Å². The van der Waals surface area contributed by atoms with Crippen LogP contribution in [0.1, 0.15) is 118 Å². The highest BCUT2D eigenvalue weighted by Gasteiger charge is 2.80. The molecule has 8 fully saturated rings. The minimum atomic E-state index is -0.524. The number of fused-ring (bicyclic) bond motifs is 4. The summed E-state index contributed by atoms with van der Waals surface area (Å²) < 4.78 is 32.0. The summed E-state index contributed by atoms with van der Waals surface area (Å²) in [5, 5.41) is 0. The van der Waals surface area contributed by atoms with Crippen molar-refractivity contribution in [2.24, 2.45) is 51.2 Å². The first-order valence-corrected chi connectivity index (χ1v) is 19.7. The van der Waals surface area contributed by atoms with Crippen LogP contribution in [0.3, 0.4) is 0 Å². The van der Waals surface area contributed by atoms with E-state index in [1.54, 1.807) is 7.11 Å². The van der Waals surface area contributed by atoms with Crippen molar-refractivity contribution in [2.75, 3.05) is 33.4 Å². The van der Waals surface area contributed by atoms with Crippen LogP contribution >= 0.6 is 0 Å². The zero-order valence-corrected chi connectivity index (χ0v) is 30.7. The number of hydrogen-bond donors (Lipinski definition) is 0. The third-order valence-electron chi connectivity index (χ3n) is 16.3. The second kappa shape index (κ2) is 12.0. The minimum absolute atomic E-state index is 0.0468. The van der Waals surface area contributed by atoms with Crippen molar-refractivity contribution in [1.82, 2.24) is 4.90 Å². The minimum Gasteiger partial charge on any atom is -0.376 e. The Hall–Kier alpha value is -1.06. The van der Waals surface area contributed by atoms with Gasteiger partial charge in [-0.3, -0.25) is 4.79 Å². The molecule has 1 amide bonds. The SMILES string of the molecule is COC(C)(C)[C@@H](OCC=O)C1CCC2C(CC3C4CCC5C(C)(C)[C@@H](OC6CN(C(=O)CC7CC7)CCO6)CCC56C[C@@]46CCC23C)O1. The van der Waals surface area contributed by atoms with Gasteiger partial charge in [-0.25, -0.2) is 0 Å². The zero-order valence-electron chi connectivity index (χ0n) is 30.7. The molecule has 6 saturated carbocycles. The summed E-state index contributed by atoms with van der Waals surface area (Å²) in [7, 11) is 1.73. The molecule has 0 aromatic rings. The van der Waals surface area contributed by atoms with Crippen LogP contribution in [0, 0.1) is 51.2 Å². The molecule has 8 rings (SSSR count). The number of methoxy groups -OCH3 is 1. The molecular formula is C40H63NO7. The molecule has 48 heavy (non-hydrogen) atoms. The van der Waals surface area contributed by atoms with Gasteiger partial charge in [0.05, 0.1) is 37.1 Å². The maximum atomic E-state index is 12.9. The molecule has 9 unspecified atom stereocenters. The molecule has 0 bridgehead atoms. The van der Waals surface area contributed by atoms with E-state index in [1.165, 1.54) is 64.2 Å². The van der Waals surface area contributed by atoms with Gasteiger partial charge in [0.15, 0.2) is 6.29 Å². The van der Waals surface area contributed by atoms with Gasteiger partial charge >= 0.3 is 0 Å². The Labute approximate surface area is 289 Å². The van der Waals surface area contributed by atoms with Crippen LogP contribution in [-0.4, -0.2) is 86.8 Å². The van der Waals surface area contributed by atoms with Gasteiger partial charge in [0.1, 0.15) is 19.0 Å². The van der Waals surface area contributed by atoms with E-state index in [9.17, 15) is 9.59 Å². The Balaban J connectivity index is 0.947. The first kappa shape index (κ1) is 34.0. The molecule has 0 N–H and O–H groups in total. The van der Waals surface area contributed by atoms with Crippen molar-refractivity contribution in [3.8, 4) is 0 Å². The van der Waals surface area contributed by atoms with E-state index in [4.69, 9.17) is 23.7 Å². The Morgan fingerprint density at radius 2 is 1.77 bits per heavy atom. The van der Waals surface area contributed by atoms with Crippen molar-refractivity contribution in [3.05, 3.63) is 0 Å². The van der Waals surface area contributed by atoms with Gasteiger partial charge in [0, 0.05) is 20.1 Å². The van der Waals surface area contributed by atoms with Crippen LogP contribution < -0.4 is 0 Å². The molecule has 6 aliphatic carbocycles. The van der Waals surface area contributed by atoms with E-state index in [2.05, 4.69) is 34.6 Å². The summed E-state index contributed by atoms with van der Waals surface area (Å²) >= 11 is 0. The van der Waals surface area contributed by atoms with E-state index in [0.29, 0.717) is 60.1 Å². The number of nitrogens with zero attached hydrogens (tertiary/aromatic N) is 1. The summed E-state index contributed by atoms with van der Waals surface area (Å²) in [6, 6.07) is 0. The molecule has 0 aromatic carbocycles. The molecular weight excluding hydrogens is 606 g/mol. The van der Waals surface area contributed by atoms with Crippen LogP contribution in [0.25, 0.3) is 0 Å². The lowest BCUT2D eigenvalue weighted by Gasteiger charge is -2.60. The average molecular weight is 670 g/mol. The first-order valence-electron chi connectivity index (χ1n) is 19.7.